The summed E-state index contributed by atoms with van der Waals surface area (Å²) in [5, 5.41) is 10.5. The van der Waals surface area contributed by atoms with Crippen LogP contribution in [-0.2, 0) is 0 Å². The van der Waals surface area contributed by atoms with Gasteiger partial charge in [-0.05, 0) is 18.6 Å². The average Bonchev–Trinajstić information content (AvgIpc) is 2.28. The summed E-state index contributed by atoms with van der Waals surface area (Å²) in [5.41, 5.74) is 4.05. The Balaban J connectivity index is 2.63. The number of rotatable bonds is 2. The second kappa shape index (κ2) is 3.77. The van der Waals surface area contributed by atoms with Crippen molar-refractivity contribution in [1.29, 1.82) is 5.41 Å². The largest absolute Gasteiger partial charge is 0.488 e. The van der Waals surface area contributed by atoms with Gasteiger partial charge in [0.25, 0.3) is 0 Å². The van der Waals surface area contributed by atoms with E-state index in [-0.39, 0.29) is 0 Å². The van der Waals surface area contributed by atoms with E-state index in [0.717, 1.165) is 28.1 Å². The van der Waals surface area contributed by atoms with Crippen molar-refractivity contribution < 1.29 is 4.74 Å². The third-order valence-electron chi connectivity index (χ3n) is 2.60. The van der Waals surface area contributed by atoms with Gasteiger partial charge in [-0.15, -0.1) is 0 Å². The van der Waals surface area contributed by atoms with E-state index in [1.807, 2.05) is 32.2 Å². The van der Waals surface area contributed by atoms with Crippen molar-refractivity contribution in [3.05, 3.63) is 34.9 Å². The lowest BCUT2D eigenvalue weighted by Crippen LogP contribution is -2.19. The lowest BCUT2D eigenvalue weighted by Gasteiger charge is -2.23. The van der Waals surface area contributed by atoms with Crippen molar-refractivity contribution in [1.82, 2.24) is 5.32 Å². The van der Waals surface area contributed by atoms with Crippen molar-refractivity contribution in [3.8, 4) is 5.75 Å². The molecule has 1 aliphatic heterocycles. The van der Waals surface area contributed by atoms with Gasteiger partial charge in [0.15, 0.2) is 0 Å². The van der Waals surface area contributed by atoms with Crippen LogP contribution in [0.5, 0.6) is 5.75 Å². The first kappa shape index (κ1) is 9.77. The van der Waals surface area contributed by atoms with Crippen LogP contribution in [0, 0.1) is 12.3 Å². The van der Waals surface area contributed by atoms with Gasteiger partial charge in [-0.25, -0.2) is 0 Å². The summed E-state index contributed by atoms with van der Waals surface area (Å²) in [4.78, 5) is 0. The van der Waals surface area contributed by atoms with Gasteiger partial charge in [-0.2, -0.15) is 0 Å². The van der Waals surface area contributed by atoms with Crippen LogP contribution in [0.2, 0.25) is 0 Å². The number of aryl methyl sites for hydroxylation is 1. The van der Waals surface area contributed by atoms with E-state index in [9.17, 15) is 0 Å². The fourth-order valence-electron chi connectivity index (χ4n) is 1.85. The first-order valence-corrected chi connectivity index (χ1v) is 4.92. The van der Waals surface area contributed by atoms with Crippen LogP contribution in [-0.4, -0.2) is 19.9 Å². The molecule has 0 bridgehead atoms. The quantitative estimate of drug-likeness (QED) is 0.720. The van der Waals surface area contributed by atoms with Crippen molar-refractivity contribution in [3.63, 3.8) is 0 Å². The van der Waals surface area contributed by atoms with Crippen molar-refractivity contribution in [2.45, 2.75) is 6.92 Å². The molecule has 0 aromatic heterocycles. The van der Waals surface area contributed by atoms with Crippen LogP contribution in [0.15, 0.2) is 23.8 Å². The summed E-state index contributed by atoms with van der Waals surface area (Å²) >= 11 is 0. The summed E-state index contributed by atoms with van der Waals surface area (Å²) in [7, 11) is 1.87. The van der Waals surface area contributed by atoms with Gasteiger partial charge in [0.05, 0.1) is 5.70 Å². The normalized spacial score (nSPS) is 14.3. The molecule has 0 unspecified atom stereocenters. The number of ether oxygens (including phenoxy) is 1. The zero-order valence-corrected chi connectivity index (χ0v) is 8.92. The van der Waals surface area contributed by atoms with Crippen LogP contribution < -0.4 is 10.1 Å². The van der Waals surface area contributed by atoms with Crippen LogP contribution in [0.4, 0.5) is 0 Å². The highest BCUT2D eigenvalue weighted by Gasteiger charge is 2.19. The summed E-state index contributed by atoms with van der Waals surface area (Å²) in [5.74, 6) is 0.924. The summed E-state index contributed by atoms with van der Waals surface area (Å²) in [6.07, 6.45) is 1.34. The number of hydrogen-bond acceptors (Lipinski definition) is 3. The van der Waals surface area contributed by atoms with E-state index in [0.29, 0.717) is 6.61 Å². The fraction of sp³-hybridized carbons (Fsp3) is 0.250. The Bertz CT molecular complexity index is 435. The first-order chi connectivity index (χ1) is 7.27. The monoisotopic (exact) mass is 202 g/mol. The third kappa shape index (κ3) is 1.50. The SMILES string of the molecule is CNC1=C(C=N)COc2c(C)cccc21. The molecule has 0 atom stereocenters. The summed E-state index contributed by atoms with van der Waals surface area (Å²) in [6, 6.07) is 6.04. The van der Waals surface area contributed by atoms with E-state index in [2.05, 4.69) is 5.32 Å². The lowest BCUT2D eigenvalue weighted by molar-refractivity contribution is 0.348. The van der Waals surface area contributed by atoms with Crippen molar-refractivity contribution in [2.24, 2.45) is 0 Å². The molecule has 0 amide bonds. The standard InChI is InChI=1S/C12H14N2O/c1-8-4-3-5-10-11(14-2)9(6-13)7-15-12(8)10/h3-6,13-14H,7H2,1-2H3. The maximum Gasteiger partial charge on any atom is 0.132 e. The maximum atomic E-state index is 7.32. The first-order valence-electron chi connectivity index (χ1n) is 4.92. The van der Waals surface area contributed by atoms with Crippen molar-refractivity contribution in [2.75, 3.05) is 13.7 Å². The minimum absolute atomic E-state index is 0.470. The molecule has 78 valence electrons. The van der Waals surface area contributed by atoms with Crippen LogP contribution in [0.25, 0.3) is 5.70 Å². The molecule has 1 aromatic rings. The Kier molecular flexibility index (Phi) is 2.46. The number of hydrogen-bond donors (Lipinski definition) is 2. The molecule has 3 heteroatoms. The second-order valence-electron chi connectivity index (χ2n) is 3.53. The molecule has 2 N–H and O–H groups in total. The predicted molar refractivity (Wildman–Crippen MR) is 61.4 cm³/mol. The molecule has 1 aliphatic rings. The second-order valence-corrected chi connectivity index (χ2v) is 3.53. The molecule has 1 aromatic carbocycles. The Morgan fingerprint density at radius 2 is 2.27 bits per heavy atom. The highest BCUT2D eigenvalue weighted by molar-refractivity contribution is 5.91. The molecule has 2 rings (SSSR count). The number of nitrogens with one attached hydrogen (secondary N) is 2. The van der Waals surface area contributed by atoms with E-state index >= 15 is 0 Å². The van der Waals surface area contributed by atoms with Gasteiger partial charge in [-0.1, -0.05) is 12.1 Å². The molecule has 0 saturated heterocycles. The minimum atomic E-state index is 0.470. The Labute approximate surface area is 89.3 Å². The number of benzene rings is 1. The highest BCUT2D eigenvalue weighted by atomic mass is 16.5. The van der Waals surface area contributed by atoms with Crippen LogP contribution >= 0.6 is 0 Å². The zero-order chi connectivity index (χ0) is 10.8. The van der Waals surface area contributed by atoms with E-state index in [1.165, 1.54) is 6.21 Å². The van der Waals surface area contributed by atoms with Gasteiger partial charge in [0, 0.05) is 24.4 Å². The van der Waals surface area contributed by atoms with Gasteiger partial charge >= 0.3 is 0 Å². The number of fused-ring (bicyclic) bond motifs is 1. The van der Waals surface area contributed by atoms with Crippen molar-refractivity contribution >= 4 is 11.9 Å². The third-order valence-corrected chi connectivity index (χ3v) is 2.60. The highest BCUT2D eigenvalue weighted by Crippen LogP contribution is 2.33. The fourth-order valence-corrected chi connectivity index (χ4v) is 1.85. The molecule has 15 heavy (non-hydrogen) atoms. The minimum Gasteiger partial charge on any atom is -0.488 e. The molecule has 0 saturated carbocycles. The Hall–Kier alpha value is -1.77. The van der Waals surface area contributed by atoms with E-state index < -0.39 is 0 Å². The molecule has 0 aliphatic carbocycles. The maximum absolute atomic E-state index is 7.32. The smallest absolute Gasteiger partial charge is 0.132 e. The Morgan fingerprint density at radius 3 is 2.93 bits per heavy atom. The molecule has 3 nitrogen and oxygen atoms in total. The topological polar surface area (TPSA) is 45.1 Å². The van der Waals surface area contributed by atoms with E-state index in [4.69, 9.17) is 10.1 Å². The van der Waals surface area contributed by atoms with Crippen LogP contribution in [0.1, 0.15) is 11.1 Å². The van der Waals surface area contributed by atoms with Gasteiger partial charge in [0.1, 0.15) is 12.4 Å². The van der Waals surface area contributed by atoms with Gasteiger partial charge in [-0.3, -0.25) is 0 Å². The summed E-state index contributed by atoms with van der Waals surface area (Å²) < 4.78 is 5.64. The molecule has 0 spiro atoms. The summed E-state index contributed by atoms with van der Waals surface area (Å²) in [6.45, 7) is 2.50. The van der Waals surface area contributed by atoms with Gasteiger partial charge in [0.2, 0.25) is 0 Å². The molecular weight excluding hydrogens is 188 g/mol. The molecule has 0 fully saturated rings. The molecular formula is C12H14N2O. The zero-order valence-electron chi connectivity index (χ0n) is 8.92. The molecule has 0 radical (unpaired) electrons. The molecule has 1 heterocycles. The average molecular weight is 202 g/mol. The van der Waals surface area contributed by atoms with Gasteiger partial charge < -0.3 is 15.5 Å². The Morgan fingerprint density at radius 1 is 1.47 bits per heavy atom. The van der Waals surface area contributed by atoms with Crippen LogP contribution in [0.3, 0.4) is 0 Å². The van der Waals surface area contributed by atoms with E-state index in [1.54, 1.807) is 0 Å². The lowest BCUT2D eigenvalue weighted by atomic mass is 10.0. The predicted octanol–water partition coefficient (Wildman–Crippen LogP) is 1.97. The number of para-hydroxylation sites is 1.